The zero-order valence-electron chi connectivity index (χ0n) is 11.4. The van der Waals surface area contributed by atoms with Gasteiger partial charge in [0.25, 0.3) is 0 Å². The molecule has 0 atom stereocenters. The zero-order valence-corrected chi connectivity index (χ0v) is 11.4. The molecule has 2 aliphatic carbocycles. The second kappa shape index (κ2) is 4.98. The summed E-state index contributed by atoms with van der Waals surface area (Å²) in [5, 5.41) is 12.8. The Balaban J connectivity index is 1.75. The molecule has 2 fully saturated rings. The van der Waals surface area contributed by atoms with Gasteiger partial charge < -0.3 is 5.32 Å². The Morgan fingerprint density at radius 2 is 1.88 bits per heavy atom. The number of rotatable bonds is 5. The maximum Gasteiger partial charge on any atom is 0.0703 e. The van der Waals surface area contributed by atoms with Gasteiger partial charge in [-0.25, -0.2) is 0 Å². The van der Waals surface area contributed by atoms with Gasteiger partial charge in [0.2, 0.25) is 0 Å². The summed E-state index contributed by atoms with van der Waals surface area (Å²) in [6.45, 7) is 6.74. The molecule has 0 aliphatic heterocycles. The fourth-order valence-corrected chi connectivity index (χ4v) is 3.41. The second-order valence-electron chi connectivity index (χ2n) is 6.82. The van der Waals surface area contributed by atoms with Crippen molar-refractivity contribution in [2.45, 2.75) is 58.8 Å². The minimum absolute atomic E-state index is 0.0221. The molecule has 17 heavy (non-hydrogen) atoms. The largest absolute Gasteiger partial charge is 0.315 e. The van der Waals surface area contributed by atoms with E-state index in [2.05, 4.69) is 25.2 Å². The van der Waals surface area contributed by atoms with E-state index in [4.69, 9.17) is 0 Å². The zero-order chi connectivity index (χ0) is 12.4. The van der Waals surface area contributed by atoms with Crippen molar-refractivity contribution in [3.8, 4) is 6.07 Å². The fourth-order valence-electron chi connectivity index (χ4n) is 3.41. The minimum atomic E-state index is -0.0221. The van der Waals surface area contributed by atoms with E-state index in [1.807, 2.05) is 0 Å². The lowest BCUT2D eigenvalue weighted by atomic mass is 9.69. The van der Waals surface area contributed by atoms with Gasteiger partial charge in [-0.1, -0.05) is 33.1 Å². The van der Waals surface area contributed by atoms with E-state index in [-0.39, 0.29) is 5.41 Å². The molecule has 1 N–H and O–H groups in total. The number of nitrogens with one attached hydrogen (secondary N) is 1. The van der Waals surface area contributed by atoms with Crippen LogP contribution in [0.5, 0.6) is 0 Å². The predicted octanol–water partition coefficient (Wildman–Crippen LogP) is 3.49. The van der Waals surface area contributed by atoms with Crippen molar-refractivity contribution >= 4 is 0 Å². The van der Waals surface area contributed by atoms with Crippen LogP contribution >= 0.6 is 0 Å². The predicted molar refractivity (Wildman–Crippen MR) is 70.5 cm³/mol. The van der Waals surface area contributed by atoms with Crippen LogP contribution in [-0.2, 0) is 0 Å². The van der Waals surface area contributed by atoms with E-state index in [0.717, 1.165) is 31.8 Å². The van der Waals surface area contributed by atoms with Gasteiger partial charge in [-0.05, 0) is 37.0 Å². The topological polar surface area (TPSA) is 35.8 Å². The first kappa shape index (κ1) is 12.9. The van der Waals surface area contributed by atoms with Gasteiger partial charge in [0.1, 0.15) is 0 Å². The third-order valence-corrected chi connectivity index (χ3v) is 5.05. The van der Waals surface area contributed by atoms with Crippen LogP contribution in [0.3, 0.4) is 0 Å². The van der Waals surface area contributed by atoms with Crippen LogP contribution in [0.25, 0.3) is 0 Å². The summed E-state index contributed by atoms with van der Waals surface area (Å²) in [5.74, 6) is 0.884. The molecule has 2 heteroatoms. The fraction of sp³-hybridized carbons (Fsp3) is 0.933. The highest BCUT2D eigenvalue weighted by Gasteiger charge is 2.38. The first-order valence-corrected chi connectivity index (χ1v) is 7.20. The van der Waals surface area contributed by atoms with Crippen LogP contribution in [0.2, 0.25) is 0 Å². The molecule has 0 radical (unpaired) electrons. The Hall–Kier alpha value is -0.550. The lowest BCUT2D eigenvalue weighted by Gasteiger charge is -2.38. The van der Waals surface area contributed by atoms with Crippen molar-refractivity contribution in [2.24, 2.45) is 16.7 Å². The summed E-state index contributed by atoms with van der Waals surface area (Å²) in [7, 11) is 0. The molecule has 0 spiro atoms. The molecule has 0 aromatic heterocycles. The molecular weight excluding hydrogens is 208 g/mol. The molecular formula is C15H26N2. The lowest BCUT2D eigenvalue weighted by Crippen LogP contribution is -2.43. The van der Waals surface area contributed by atoms with Crippen LogP contribution in [0.1, 0.15) is 58.8 Å². The van der Waals surface area contributed by atoms with Crippen molar-refractivity contribution in [2.75, 3.05) is 13.1 Å². The standard InChI is InChI=1S/C15H26N2/c1-14(2,13-6-3-4-7-13)11-17-12-15(10-16)8-5-9-15/h13,17H,3-9,11-12H2,1-2H3. The van der Waals surface area contributed by atoms with Gasteiger partial charge in [-0.3, -0.25) is 0 Å². The normalized spacial score (nSPS) is 24.3. The van der Waals surface area contributed by atoms with Crippen LogP contribution in [0, 0.1) is 28.1 Å². The van der Waals surface area contributed by atoms with Crippen LogP contribution in [0.15, 0.2) is 0 Å². The van der Waals surface area contributed by atoms with Crippen molar-refractivity contribution in [3.63, 3.8) is 0 Å². The quantitative estimate of drug-likeness (QED) is 0.790. The van der Waals surface area contributed by atoms with Gasteiger partial charge in [0, 0.05) is 13.1 Å². The molecule has 0 aromatic rings. The molecule has 0 unspecified atom stereocenters. The Labute approximate surface area is 106 Å². The second-order valence-corrected chi connectivity index (χ2v) is 6.82. The van der Waals surface area contributed by atoms with Gasteiger partial charge >= 0.3 is 0 Å². The summed E-state index contributed by atoms with van der Waals surface area (Å²) >= 11 is 0. The average molecular weight is 234 g/mol. The molecule has 2 rings (SSSR count). The molecule has 2 nitrogen and oxygen atoms in total. The van der Waals surface area contributed by atoms with Gasteiger partial charge in [0.05, 0.1) is 11.5 Å². The Morgan fingerprint density at radius 3 is 2.35 bits per heavy atom. The number of hydrogen-bond acceptors (Lipinski definition) is 2. The Kier molecular flexibility index (Phi) is 3.78. The maximum atomic E-state index is 9.19. The van der Waals surface area contributed by atoms with E-state index >= 15 is 0 Å². The van der Waals surface area contributed by atoms with E-state index in [9.17, 15) is 5.26 Å². The Bertz CT molecular complexity index is 291. The highest BCUT2D eigenvalue weighted by Crippen LogP contribution is 2.41. The third kappa shape index (κ3) is 2.83. The van der Waals surface area contributed by atoms with E-state index in [0.29, 0.717) is 5.41 Å². The summed E-state index contributed by atoms with van der Waals surface area (Å²) in [4.78, 5) is 0. The van der Waals surface area contributed by atoms with Crippen molar-refractivity contribution < 1.29 is 0 Å². The monoisotopic (exact) mass is 234 g/mol. The number of hydrogen-bond donors (Lipinski definition) is 1. The van der Waals surface area contributed by atoms with Crippen molar-refractivity contribution in [1.82, 2.24) is 5.32 Å². The van der Waals surface area contributed by atoms with E-state index in [1.165, 1.54) is 32.1 Å². The first-order valence-electron chi connectivity index (χ1n) is 7.20. The summed E-state index contributed by atoms with van der Waals surface area (Å²) in [5.41, 5.74) is 0.378. The first-order chi connectivity index (χ1) is 8.08. The molecule has 0 saturated heterocycles. The average Bonchev–Trinajstić information content (AvgIpc) is 2.76. The molecule has 0 amide bonds. The van der Waals surface area contributed by atoms with Crippen LogP contribution in [-0.4, -0.2) is 13.1 Å². The third-order valence-electron chi connectivity index (χ3n) is 5.05. The van der Waals surface area contributed by atoms with Crippen molar-refractivity contribution in [3.05, 3.63) is 0 Å². The van der Waals surface area contributed by atoms with Gasteiger partial charge in [-0.15, -0.1) is 0 Å². The van der Waals surface area contributed by atoms with Gasteiger partial charge in [0.15, 0.2) is 0 Å². The smallest absolute Gasteiger partial charge is 0.0703 e. The Morgan fingerprint density at radius 1 is 1.24 bits per heavy atom. The van der Waals surface area contributed by atoms with E-state index in [1.54, 1.807) is 0 Å². The van der Waals surface area contributed by atoms with E-state index < -0.39 is 0 Å². The van der Waals surface area contributed by atoms with Crippen molar-refractivity contribution in [1.29, 1.82) is 5.26 Å². The number of nitriles is 1. The summed E-state index contributed by atoms with van der Waals surface area (Å²) < 4.78 is 0. The maximum absolute atomic E-state index is 9.19. The van der Waals surface area contributed by atoms with Gasteiger partial charge in [-0.2, -0.15) is 5.26 Å². The van der Waals surface area contributed by atoms with Crippen LogP contribution in [0.4, 0.5) is 0 Å². The highest BCUT2D eigenvalue weighted by molar-refractivity contribution is 5.06. The molecule has 2 aliphatic rings. The lowest BCUT2D eigenvalue weighted by molar-refractivity contribution is 0.169. The minimum Gasteiger partial charge on any atom is -0.315 e. The molecule has 96 valence electrons. The molecule has 0 bridgehead atoms. The molecule has 0 heterocycles. The van der Waals surface area contributed by atoms with Crippen LogP contribution < -0.4 is 5.32 Å². The number of nitrogens with zero attached hydrogens (tertiary/aromatic N) is 1. The molecule has 0 aromatic carbocycles. The summed E-state index contributed by atoms with van der Waals surface area (Å²) in [6, 6.07) is 2.51. The SMILES string of the molecule is CC(C)(CNCC1(C#N)CCC1)C1CCCC1. The molecule has 2 saturated carbocycles. The summed E-state index contributed by atoms with van der Waals surface area (Å²) in [6.07, 6.45) is 9.06. The highest BCUT2D eigenvalue weighted by atomic mass is 14.9.